The molecule has 1 saturated carbocycles. The number of fused-ring (bicyclic) bond motifs is 1. The van der Waals surface area contributed by atoms with Crippen molar-refractivity contribution in [2.45, 2.75) is 64.1 Å². The Hall–Kier alpha value is -4.76. The Morgan fingerprint density at radius 3 is 2.33 bits per heavy atom. The van der Waals surface area contributed by atoms with Crippen LogP contribution < -0.4 is 10.4 Å². The lowest BCUT2D eigenvalue weighted by molar-refractivity contribution is -0.141. The van der Waals surface area contributed by atoms with Crippen LogP contribution >= 0.6 is 0 Å². The molecular formula is C29H27F6N9O. The first-order chi connectivity index (χ1) is 21.3. The number of nitrogens with one attached hydrogen (secondary N) is 1. The quantitative estimate of drug-likeness (QED) is 0.206. The molecule has 1 aliphatic carbocycles. The number of methoxy groups -OCH3 is 1. The predicted molar refractivity (Wildman–Crippen MR) is 149 cm³/mol. The lowest BCUT2D eigenvalue weighted by atomic mass is 10.1. The number of hydrogen-bond donors (Lipinski definition) is 1. The van der Waals surface area contributed by atoms with Gasteiger partial charge in [0.2, 0.25) is 11.5 Å². The summed E-state index contributed by atoms with van der Waals surface area (Å²) in [5.74, 6) is 0.649. The van der Waals surface area contributed by atoms with Crippen LogP contribution in [0.5, 0.6) is 5.88 Å². The highest BCUT2D eigenvalue weighted by molar-refractivity contribution is 5.76. The van der Waals surface area contributed by atoms with Crippen LogP contribution in [-0.2, 0) is 19.3 Å². The SMILES string of the molecule is CCn1cc(C(F)(F)F)nc1-c1ccc([C@@H](C)n2c(=N)n(CC(F)(F)F)c3cnc(-c4c(OC)ncnc4C4CC4)nc32)cc1. The van der Waals surface area contributed by atoms with Crippen molar-refractivity contribution in [2.24, 2.45) is 0 Å². The van der Waals surface area contributed by atoms with E-state index in [9.17, 15) is 26.3 Å². The standard InChI is InChI=1S/C29H27F6N9O/c1-4-42-12-20(29(33,34)35)40-24(42)18-9-5-16(6-10-18)15(2)44-25-19(43(27(44)36)13-28(30,31)32)11-37-23(41-25)21-22(17-7-8-17)38-14-39-26(21)45-3/h5-6,9-12,14-15,17,36H,4,7-8,13H2,1-3H3/t15-/m1/s1. The van der Waals surface area contributed by atoms with Gasteiger partial charge in [-0.3, -0.25) is 14.5 Å². The van der Waals surface area contributed by atoms with Crippen molar-refractivity contribution in [3.63, 3.8) is 0 Å². The molecule has 0 unspecified atom stereocenters. The van der Waals surface area contributed by atoms with E-state index in [0.717, 1.165) is 23.6 Å². The van der Waals surface area contributed by atoms with E-state index in [-0.39, 0.29) is 41.2 Å². The number of hydrogen-bond acceptors (Lipinski definition) is 7. The number of rotatable bonds is 8. The monoisotopic (exact) mass is 631 g/mol. The minimum atomic E-state index is -4.63. The van der Waals surface area contributed by atoms with Crippen LogP contribution in [0.2, 0.25) is 0 Å². The second-order valence-corrected chi connectivity index (χ2v) is 10.7. The van der Waals surface area contributed by atoms with Crippen LogP contribution in [0, 0.1) is 5.41 Å². The fraction of sp³-hybridized carbons (Fsp3) is 0.379. The lowest BCUT2D eigenvalue weighted by Crippen LogP contribution is -2.31. The Bertz CT molecular complexity index is 1940. The smallest absolute Gasteiger partial charge is 0.434 e. The molecule has 16 heteroatoms. The second-order valence-electron chi connectivity index (χ2n) is 10.7. The minimum Gasteiger partial charge on any atom is -0.480 e. The fourth-order valence-corrected chi connectivity index (χ4v) is 5.40. The maximum absolute atomic E-state index is 13.7. The third kappa shape index (κ3) is 5.64. The van der Waals surface area contributed by atoms with E-state index >= 15 is 0 Å². The molecule has 0 amide bonds. The average molecular weight is 632 g/mol. The summed E-state index contributed by atoms with van der Waals surface area (Å²) in [5.41, 5.74) is 0.724. The van der Waals surface area contributed by atoms with E-state index in [2.05, 4.69) is 24.9 Å². The number of imidazole rings is 2. The van der Waals surface area contributed by atoms with E-state index in [0.29, 0.717) is 22.4 Å². The maximum Gasteiger partial charge on any atom is 0.434 e. The number of benzene rings is 1. The number of aromatic nitrogens is 8. The highest BCUT2D eigenvalue weighted by Gasteiger charge is 2.36. The predicted octanol–water partition coefficient (Wildman–Crippen LogP) is 6.13. The van der Waals surface area contributed by atoms with Crippen molar-refractivity contribution in [1.82, 2.24) is 38.6 Å². The Kier molecular flexibility index (Phi) is 7.40. The van der Waals surface area contributed by atoms with Gasteiger partial charge in [0.15, 0.2) is 17.2 Å². The molecule has 0 bridgehead atoms. The van der Waals surface area contributed by atoms with Crippen molar-refractivity contribution >= 4 is 11.2 Å². The first-order valence-corrected chi connectivity index (χ1v) is 14.0. The van der Waals surface area contributed by atoms with Gasteiger partial charge in [-0.2, -0.15) is 26.3 Å². The van der Waals surface area contributed by atoms with Gasteiger partial charge in [0.25, 0.3) is 0 Å². The Labute approximate surface area is 251 Å². The largest absolute Gasteiger partial charge is 0.480 e. The van der Waals surface area contributed by atoms with Crippen LogP contribution in [0.3, 0.4) is 0 Å². The molecule has 0 saturated heterocycles. The Morgan fingerprint density at radius 2 is 1.73 bits per heavy atom. The zero-order valence-corrected chi connectivity index (χ0v) is 24.3. The zero-order valence-electron chi connectivity index (χ0n) is 24.3. The normalized spacial score (nSPS) is 14.7. The summed E-state index contributed by atoms with van der Waals surface area (Å²) in [6.07, 6.45) is -3.86. The molecule has 4 heterocycles. The molecule has 45 heavy (non-hydrogen) atoms. The van der Waals surface area contributed by atoms with Gasteiger partial charge < -0.3 is 9.30 Å². The summed E-state index contributed by atoms with van der Waals surface area (Å²) in [4.78, 5) is 21.4. The molecule has 0 aliphatic heterocycles. The van der Waals surface area contributed by atoms with Gasteiger partial charge in [0, 0.05) is 24.2 Å². The molecule has 0 radical (unpaired) electrons. The van der Waals surface area contributed by atoms with Crippen molar-refractivity contribution < 1.29 is 31.1 Å². The van der Waals surface area contributed by atoms with Crippen molar-refractivity contribution in [3.05, 3.63) is 65.6 Å². The third-order valence-electron chi connectivity index (χ3n) is 7.76. The topological polar surface area (TPSA) is 112 Å². The number of alkyl halides is 6. The van der Waals surface area contributed by atoms with E-state index in [4.69, 9.17) is 10.1 Å². The summed E-state index contributed by atoms with van der Waals surface area (Å²) in [7, 11) is 1.44. The highest BCUT2D eigenvalue weighted by Crippen LogP contribution is 2.45. The van der Waals surface area contributed by atoms with E-state index in [1.165, 1.54) is 28.8 Å². The summed E-state index contributed by atoms with van der Waals surface area (Å²) < 4.78 is 89.9. The Morgan fingerprint density at radius 1 is 1.02 bits per heavy atom. The molecule has 1 fully saturated rings. The number of ether oxygens (including phenoxy) is 1. The van der Waals surface area contributed by atoms with Crippen LogP contribution in [0.4, 0.5) is 26.3 Å². The zero-order chi connectivity index (χ0) is 32.3. The van der Waals surface area contributed by atoms with Crippen molar-refractivity contribution in [1.29, 1.82) is 5.41 Å². The summed E-state index contributed by atoms with van der Waals surface area (Å²) in [6, 6.07) is 5.76. The van der Waals surface area contributed by atoms with Crippen LogP contribution in [0.1, 0.15) is 55.6 Å². The van der Waals surface area contributed by atoms with Gasteiger partial charge in [0.1, 0.15) is 29.8 Å². The molecule has 0 spiro atoms. The van der Waals surface area contributed by atoms with Gasteiger partial charge in [-0.1, -0.05) is 24.3 Å². The van der Waals surface area contributed by atoms with Gasteiger partial charge in [-0.25, -0.2) is 24.9 Å². The molecule has 6 rings (SSSR count). The summed E-state index contributed by atoms with van der Waals surface area (Å²) in [5, 5.41) is 8.79. The molecule has 1 N–H and O–H groups in total. The molecule has 1 aliphatic rings. The van der Waals surface area contributed by atoms with Gasteiger partial charge >= 0.3 is 12.4 Å². The van der Waals surface area contributed by atoms with Crippen LogP contribution in [-0.4, -0.2) is 51.9 Å². The minimum absolute atomic E-state index is 0.00186. The second kappa shape index (κ2) is 11.0. The first kappa shape index (κ1) is 30.3. The Balaban J connectivity index is 1.47. The fourth-order valence-electron chi connectivity index (χ4n) is 5.40. The molecule has 236 valence electrons. The molecule has 4 aromatic heterocycles. The lowest BCUT2D eigenvalue weighted by Gasteiger charge is -2.16. The molecule has 10 nitrogen and oxygen atoms in total. The van der Waals surface area contributed by atoms with Gasteiger partial charge in [-0.05, 0) is 32.3 Å². The van der Waals surface area contributed by atoms with Crippen molar-refractivity contribution in [3.8, 4) is 28.7 Å². The third-order valence-corrected chi connectivity index (χ3v) is 7.76. The van der Waals surface area contributed by atoms with Crippen LogP contribution in [0.25, 0.3) is 33.9 Å². The van der Waals surface area contributed by atoms with E-state index in [1.54, 1.807) is 38.1 Å². The first-order valence-electron chi connectivity index (χ1n) is 14.0. The van der Waals surface area contributed by atoms with Gasteiger partial charge in [-0.15, -0.1) is 0 Å². The van der Waals surface area contributed by atoms with Crippen molar-refractivity contribution in [2.75, 3.05) is 7.11 Å². The molecule has 5 aromatic rings. The average Bonchev–Trinajstić information content (AvgIpc) is 3.69. The molecule has 1 aromatic carbocycles. The number of nitrogens with zero attached hydrogens (tertiary/aromatic N) is 8. The molecule has 1 atom stereocenters. The van der Waals surface area contributed by atoms with E-state index < -0.39 is 36.3 Å². The summed E-state index contributed by atoms with van der Waals surface area (Å²) in [6.45, 7) is 2.22. The number of aryl methyl sites for hydroxylation is 1. The van der Waals surface area contributed by atoms with Gasteiger partial charge in [0.05, 0.1) is 25.0 Å². The summed E-state index contributed by atoms with van der Waals surface area (Å²) >= 11 is 0. The maximum atomic E-state index is 13.7. The molecular weight excluding hydrogens is 604 g/mol. The number of halogens is 6. The van der Waals surface area contributed by atoms with Crippen LogP contribution in [0.15, 0.2) is 43.0 Å². The van der Waals surface area contributed by atoms with E-state index in [1.807, 2.05) is 0 Å². The highest BCUT2D eigenvalue weighted by atomic mass is 19.4.